The molecule has 0 unspecified atom stereocenters. The number of rotatable bonds is 3. The molecule has 1 fully saturated rings. The van der Waals surface area contributed by atoms with Crippen molar-refractivity contribution in [2.45, 2.75) is 18.4 Å². The summed E-state index contributed by atoms with van der Waals surface area (Å²) in [5.74, 6) is 0.834. The van der Waals surface area contributed by atoms with Gasteiger partial charge in [0, 0.05) is 30.4 Å². The number of anilines is 1. The SMILES string of the molecule is NCC1(Nc2ncc(Br)cc2Br)CCOCC1. The van der Waals surface area contributed by atoms with E-state index in [4.69, 9.17) is 10.5 Å². The maximum absolute atomic E-state index is 5.90. The second-order valence-corrected chi connectivity index (χ2v) is 5.98. The molecule has 1 aliphatic heterocycles. The van der Waals surface area contributed by atoms with Crippen LogP contribution >= 0.6 is 31.9 Å². The highest BCUT2D eigenvalue weighted by Gasteiger charge is 2.31. The average molecular weight is 365 g/mol. The first kappa shape index (κ1) is 13.3. The van der Waals surface area contributed by atoms with Gasteiger partial charge in [0.1, 0.15) is 5.82 Å². The molecule has 0 radical (unpaired) electrons. The number of pyridine rings is 1. The van der Waals surface area contributed by atoms with Crippen molar-refractivity contribution in [3.05, 3.63) is 21.2 Å². The fourth-order valence-electron chi connectivity index (χ4n) is 1.90. The van der Waals surface area contributed by atoms with Crippen molar-refractivity contribution in [3.8, 4) is 0 Å². The summed E-state index contributed by atoms with van der Waals surface area (Å²) in [5.41, 5.74) is 5.80. The quantitative estimate of drug-likeness (QED) is 0.865. The fourth-order valence-corrected chi connectivity index (χ4v) is 2.99. The summed E-state index contributed by atoms with van der Waals surface area (Å²) in [7, 11) is 0. The predicted octanol–water partition coefficient (Wildman–Crippen LogP) is 2.53. The van der Waals surface area contributed by atoms with E-state index in [2.05, 4.69) is 42.2 Å². The van der Waals surface area contributed by atoms with E-state index in [9.17, 15) is 0 Å². The Morgan fingerprint density at radius 2 is 2.12 bits per heavy atom. The minimum absolute atomic E-state index is 0.0956. The van der Waals surface area contributed by atoms with Gasteiger partial charge in [0.05, 0.1) is 10.0 Å². The summed E-state index contributed by atoms with van der Waals surface area (Å²) in [4.78, 5) is 4.36. The second kappa shape index (κ2) is 5.65. The molecule has 0 saturated carbocycles. The van der Waals surface area contributed by atoms with Gasteiger partial charge in [-0.15, -0.1) is 0 Å². The van der Waals surface area contributed by atoms with Gasteiger partial charge in [-0.05, 0) is 50.8 Å². The maximum Gasteiger partial charge on any atom is 0.140 e. The van der Waals surface area contributed by atoms with Crippen LogP contribution in [0.4, 0.5) is 5.82 Å². The number of halogens is 2. The molecule has 0 atom stereocenters. The molecule has 0 amide bonds. The van der Waals surface area contributed by atoms with Crippen LogP contribution in [0.25, 0.3) is 0 Å². The van der Waals surface area contributed by atoms with Crippen LogP contribution in [0.5, 0.6) is 0 Å². The molecule has 0 bridgehead atoms. The van der Waals surface area contributed by atoms with Gasteiger partial charge in [0.15, 0.2) is 0 Å². The normalized spacial score (nSPS) is 19.0. The van der Waals surface area contributed by atoms with Gasteiger partial charge in [-0.25, -0.2) is 4.98 Å². The van der Waals surface area contributed by atoms with Gasteiger partial charge >= 0.3 is 0 Å². The van der Waals surface area contributed by atoms with E-state index in [1.807, 2.05) is 6.07 Å². The summed E-state index contributed by atoms with van der Waals surface area (Å²) in [5, 5.41) is 3.46. The monoisotopic (exact) mass is 363 g/mol. The molecule has 4 nitrogen and oxygen atoms in total. The smallest absolute Gasteiger partial charge is 0.140 e. The van der Waals surface area contributed by atoms with Crippen LogP contribution in [0.1, 0.15) is 12.8 Å². The number of hydrogen-bond acceptors (Lipinski definition) is 4. The van der Waals surface area contributed by atoms with E-state index in [1.54, 1.807) is 6.20 Å². The molecule has 1 aliphatic rings. The van der Waals surface area contributed by atoms with E-state index >= 15 is 0 Å². The van der Waals surface area contributed by atoms with Crippen LogP contribution in [0.15, 0.2) is 21.2 Å². The summed E-state index contributed by atoms with van der Waals surface area (Å²) >= 11 is 6.89. The van der Waals surface area contributed by atoms with Crippen molar-refractivity contribution in [1.29, 1.82) is 0 Å². The standard InChI is InChI=1S/C11H15Br2N3O/c12-8-5-9(13)10(15-6-8)16-11(7-14)1-3-17-4-2-11/h5-6H,1-4,7,14H2,(H,15,16). The van der Waals surface area contributed by atoms with Gasteiger partial charge in [-0.1, -0.05) is 0 Å². The summed E-state index contributed by atoms with van der Waals surface area (Å²) in [6, 6.07) is 1.97. The molecular formula is C11H15Br2N3O. The second-order valence-electron chi connectivity index (χ2n) is 4.21. The zero-order valence-corrected chi connectivity index (χ0v) is 12.6. The molecule has 1 aromatic rings. The van der Waals surface area contributed by atoms with Crippen molar-refractivity contribution in [2.75, 3.05) is 25.1 Å². The molecule has 1 aromatic heterocycles. The molecular weight excluding hydrogens is 350 g/mol. The first-order valence-corrected chi connectivity index (χ1v) is 7.11. The van der Waals surface area contributed by atoms with Crippen LogP contribution in [-0.4, -0.2) is 30.3 Å². The van der Waals surface area contributed by atoms with Crippen molar-refractivity contribution in [1.82, 2.24) is 4.98 Å². The third-order valence-electron chi connectivity index (χ3n) is 3.03. The Bertz CT molecular complexity index is 394. The average Bonchev–Trinajstić information content (AvgIpc) is 2.34. The molecule has 2 rings (SSSR count). The molecule has 17 heavy (non-hydrogen) atoms. The van der Waals surface area contributed by atoms with Gasteiger partial charge in [-0.3, -0.25) is 0 Å². The zero-order chi connectivity index (χ0) is 12.3. The van der Waals surface area contributed by atoms with Crippen LogP contribution < -0.4 is 11.1 Å². The number of aromatic nitrogens is 1. The van der Waals surface area contributed by atoms with Crippen LogP contribution in [0, 0.1) is 0 Å². The Labute approximate surface area is 118 Å². The molecule has 0 spiro atoms. The lowest BCUT2D eigenvalue weighted by Crippen LogP contribution is -2.49. The molecule has 94 valence electrons. The molecule has 1 saturated heterocycles. The highest BCUT2D eigenvalue weighted by Crippen LogP contribution is 2.29. The summed E-state index contributed by atoms with van der Waals surface area (Å²) in [6.07, 6.45) is 3.60. The van der Waals surface area contributed by atoms with E-state index in [1.165, 1.54) is 0 Å². The summed E-state index contributed by atoms with van der Waals surface area (Å²) in [6.45, 7) is 2.08. The number of nitrogens with zero attached hydrogens (tertiary/aromatic N) is 1. The van der Waals surface area contributed by atoms with Crippen LogP contribution in [0.2, 0.25) is 0 Å². The first-order chi connectivity index (χ1) is 8.15. The minimum Gasteiger partial charge on any atom is -0.381 e. The van der Waals surface area contributed by atoms with E-state index in [0.29, 0.717) is 6.54 Å². The van der Waals surface area contributed by atoms with Gasteiger partial charge in [-0.2, -0.15) is 0 Å². The number of hydrogen-bond donors (Lipinski definition) is 2. The lowest BCUT2D eigenvalue weighted by molar-refractivity contribution is 0.0626. The molecule has 0 aliphatic carbocycles. The van der Waals surface area contributed by atoms with Crippen molar-refractivity contribution >= 4 is 37.7 Å². The van der Waals surface area contributed by atoms with E-state index in [0.717, 1.165) is 40.8 Å². The molecule has 2 heterocycles. The lowest BCUT2D eigenvalue weighted by atomic mass is 9.90. The van der Waals surface area contributed by atoms with Gasteiger partial charge < -0.3 is 15.8 Å². The zero-order valence-electron chi connectivity index (χ0n) is 9.38. The third-order valence-corrected chi connectivity index (χ3v) is 4.07. The van der Waals surface area contributed by atoms with Crippen molar-refractivity contribution in [2.24, 2.45) is 5.73 Å². The summed E-state index contributed by atoms with van der Waals surface area (Å²) < 4.78 is 7.26. The van der Waals surface area contributed by atoms with Crippen LogP contribution in [-0.2, 0) is 4.74 Å². The molecule has 3 N–H and O–H groups in total. The Morgan fingerprint density at radius 3 is 2.71 bits per heavy atom. The predicted molar refractivity (Wildman–Crippen MR) is 75.1 cm³/mol. The molecule has 0 aromatic carbocycles. The first-order valence-electron chi connectivity index (χ1n) is 5.52. The van der Waals surface area contributed by atoms with Gasteiger partial charge in [0.2, 0.25) is 0 Å². The number of nitrogens with one attached hydrogen (secondary N) is 1. The topological polar surface area (TPSA) is 60.2 Å². The minimum atomic E-state index is -0.0956. The number of nitrogens with two attached hydrogens (primary N) is 1. The van der Waals surface area contributed by atoms with E-state index in [-0.39, 0.29) is 5.54 Å². The van der Waals surface area contributed by atoms with Gasteiger partial charge in [0.25, 0.3) is 0 Å². The largest absolute Gasteiger partial charge is 0.381 e. The Morgan fingerprint density at radius 1 is 1.41 bits per heavy atom. The van der Waals surface area contributed by atoms with E-state index < -0.39 is 0 Å². The Hall–Kier alpha value is -0.170. The van der Waals surface area contributed by atoms with Crippen molar-refractivity contribution in [3.63, 3.8) is 0 Å². The molecule has 6 heteroatoms. The Kier molecular flexibility index (Phi) is 4.41. The fraction of sp³-hybridized carbons (Fsp3) is 0.545. The third kappa shape index (κ3) is 3.19. The van der Waals surface area contributed by atoms with Crippen LogP contribution in [0.3, 0.4) is 0 Å². The lowest BCUT2D eigenvalue weighted by Gasteiger charge is -2.37. The number of ether oxygens (including phenoxy) is 1. The van der Waals surface area contributed by atoms with Crippen molar-refractivity contribution < 1.29 is 4.74 Å². The Balaban J connectivity index is 2.17. The maximum atomic E-state index is 5.90. The highest BCUT2D eigenvalue weighted by atomic mass is 79.9. The highest BCUT2D eigenvalue weighted by molar-refractivity contribution is 9.11.